The summed E-state index contributed by atoms with van der Waals surface area (Å²) in [7, 11) is 0. The summed E-state index contributed by atoms with van der Waals surface area (Å²) < 4.78 is 6.29. The van der Waals surface area contributed by atoms with Crippen LogP contribution in [0.5, 0.6) is 5.75 Å². The second-order valence-corrected chi connectivity index (χ2v) is 8.77. The molecular formula is C29H23N2NaO4S. The number of nitrogens with one attached hydrogen (secondary N) is 1. The van der Waals surface area contributed by atoms with E-state index in [2.05, 4.69) is 22.4 Å². The van der Waals surface area contributed by atoms with Crippen LogP contribution in [-0.4, -0.2) is 22.2 Å². The number of rotatable bonds is 5. The van der Waals surface area contributed by atoms with Gasteiger partial charge in [0, 0.05) is 17.9 Å². The van der Waals surface area contributed by atoms with Crippen molar-refractivity contribution in [2.24, 2.45) is 4.99 Å². The number of carboxylic acids is 1. The molecule has 0 radical (unpaired) electrons. The second kappa shape index (κ2) is 13.8. The summed E-state index contributed by atoms with van der Waals surface area (Å²) in [6.45, 7) is 1.53. The van der Waals surface area contributed by atoms with Crippen molar-refractivity contribution in [3.8, 4) is 5.75 Å². The van der Waals surface area contributed by atoms with Gasteiger partial charge in [-0.2, -0.15) is 18.2 Å². The van der Waals surface area contributed by atoms with Crippen molar-refractivity contribution in [2.75, 3.05) is 0 Å². The molecule has 1 fully saturated rings. The minimum Gasteiger partial charge on any atom is -0.488 e. The van der Waals surface area contributed by atoms with Crippen LogP contribution in [0.2, 0.25) is 0 Å². The van der Waals surface area contributed by atoms with Crippen molar-refractivity contribution in [3.63, 3.8) is 0 Å². The standard InChI is InChI=1S/C27H19N2O2S.C2H4O2.Na/c30-26-24(32-27(29-26)28-22-12-5-2-6-13-22)17-21-16-15-20-11-7-8-14-23(20)25(21)31-18-19-9-3-1-4-10-19;1-2(3)4;/h1,3-17H,18H2,(H,28,29,30);1H3,(H,3,4);/q-1;;+1. The Morgan fingerprint density at radius 1 is 1.03 bits per heavy atom. The number of hydrogen-bond donors (Lipinski definition) is 2. The third kappa shape index (κ3) is 8.06. The molecular weight excluding hydrogens is 495 g/mol. The summed E-state index contributed by atoms with van der Waals surface area (Å²) in [4.78, 5) is 26.7. The Kier molecular flexibility index (Phi) is 10.5. The van der Waals surface area contributed by atoms with Crippen molar-refractivity contribution in [1.29, 1.82) is 0 Å². The maximum absolute atomic E-state index is 12.6. The van der Waals surface area contributed by atoms with Gasteiger partial charge in [0.1, 0.15) is 12.4 Å². The average Bonchev–Trinajstić information content (AvgIpc) is 3.22. The van der Waals surface area contributed by atoms with Gasteiger partial charge in [-0.1, -0.05) is 66.7 Å². The number of ether oxygens (including phenoxy) is 1. The van der Waals surface area contributed by atoms with Gasteiger partial charge in [-0.3, -0.25) is 14.6 Å². The van der Waals surface area contributed by atoms with E-state index in [0.29, 0.717) is 16.7 Å². The normalized spacial score (nSPS) is 14.5. The summed E-state index contributed by atoms with van der Waals surface area (Å²) in [5.41, 5.74) is 2.71. The van der Waals surface area contributed by atoms with Crippen LogP contribution in [0.4, 0.5) is 5.69 Å². The molecule has 1 heterocycles. The number of nitrogens with zero attached hydrogens (tertiary/aromatic N) is 1. The average molecular weight is 519 g/mol. The summed E-state index contributed by atoms with van der Waals surface area (Å²) in [6.07, 6.45) is 1.87. The maximum Gasteiger partial charge on any atom is 1.00 e. The molecule has 0 unspecified atom stereocenters. The number of aliphatic carboxylic acids is 1. The number of hydrogen-bond acceptors (Lipinski definition) is 5. The predicted octanol–water partition coefficient (Wildman–Crippen LogP) is 3.21. The Bertz CT molecular complexity index is 1440. The predicted molar refractivity (Wildman–Crippen MR) is 144 cm³/mol. The second-order valence-electron chi connectivity index (χ2n) is 7.74. The first-order valence-corrected chi connectivity index (χ1v) is 11.9. The molecule has 1 saturated heterocycles. The van der Waals surface area contributed by atoms with Crippen LogP contribution in [0.15, 0.2) is 101 Å². The molecule has 0 aliphatic carbocycles. The Hall–Kier alpha value is -3.36. The fourth-order valence-corrected chi connectivity index (χ4v) is 4.29. The van der Waals surface area contributed by atoms with Crippen molar-refractivity contribution < 1.29 is 49.0 Å². The van der Waals surface area contributed by atoms with E-state index in [4.69, 9.17) is 14.6 Å². The first kappa shape index (κ1) is 28.2. The molecule has 0 aromatic heterocycles. The Morgan fingerprint density at radius 2 is 1.70 bits per heavy atom. The van der Waals surface area contributed by atoms with E-state index in [9.17, 15) is 4.79 Å². The summed E-state index contributed by atoms with van der Waals surface area (Å²) in [6, 6.07) is 32.4. The Balaban J connectivity index is 0.000000711. The number of carbonyl (C=O) groups is 2. The van der Waals surface area contributed by atoms with Gasteiger partial charge < -0.3 is 15.2 Å². The van der Waals surface area contributed by atoms with E-state index in [1.54, 1.807) is 12.1 Å². The summed E-state index contributed by atoms with van der Waals surface area (Å²) in [5.74, 6) is -0.241. The van der Waals surface area contributed by atoms with Gasteiger partial charge in [-0.25, -0.2) is 0 Å². The van der Waals surface area contributed by atoms with Crippen LogP contribution in [0, 0.1) is 6.07 Å². The van der Waals surface area contributed by atoms with Gasteiger partial charge in [0.05, 0.1) is 4.91 Å². The number of carboxylic acid groups (broad SMARTS) is 1. The van der Waals surface area contributed by atoms with Gasteiger partial charge in [0.15, 0.2) is 5.17 Å². The zero-order chi connectivity index (χ0) is 25.3. The minimum absolute atomic E-state index is 0. The first-order valence-electron chi connectivity index (χ1n) is 11.1. The molecule has 0 bridgehead atoms. The maximum atomic E-state index is 12.6. The number of amides is 1. The van der Waals surface area contributed by atoms with E-state index < -0.39 is 5.97 Å². The molecule has 4 aromatic rings. The molecule has 0 saturated carbocycles. The van der Waals surface area contributed by atoms with Crippen LogP contribution in [0.1, 0.15) is 18.1 Å². The van der Waals surface area contributed by atoms with Crippen molar-refractivity contribution in [2.45, 2.75) is 13.5 Å². The van der Waals surface area contributed by atoms with Gasteiger partial charge in [0.25, 0.3) is 11.9 Å². The Labute approximate surface area is 241 Å². The minimum atomic E-state index is -0.833. The molecule has 0 spiro atoms. The van der Waals surface area contributed by atoms with Crippen LogP contribution in [0.25, 0.3) is 16.8 Å². The van der Waals surface area contributed by atoms with Gasteiger partial charge >= 0.3 is 29.6 Å². The molecule has 37 heavy (non-hydrogen) atoms. The molecule has 6 nitrogen and oxygen atoms in total. The Morgan fingerprint density at radius 3 is 2.43 bits per heavy atom. The molecule has 2 N–H and O–H groups in total. The number of benzene rings is 4. The molecule has 180 valence electrons. The summed E-state index contributed by atoms with van der Waals surface area (Å²) >= 11 is 1.32. The van der Waals surface area contributed by atoms with E-state index in [0.717, 1.165) is 40.3 Å². The number of fused-ring (bicyclic) bond motifs is 1. The quantitative estimate of drug-likeness (QED) is 0.241. The van der Waals surface area contributed by atoms with Crippen molar-refractivity contribution >= 4 is 51.3 Å². The first-order chi connectivity index (χ1) is 17.5. The monoisotopic (exact) mass is 518 g/mol. The third-order valence-corrected chi connectivity index (χ3v) is 5.91. The van der Waals surface area contributed by atoms with E-state index >= 15 is 0 Å². The van der Waals surface area contributed by atoms with E-state index in [1.165, 1.54) is 11.8 Å². The number of amidine groups is 1. The zero-order valence-electron chi connectivity index (χ0n) is 20.5. The molecule has 1 amide bonds. The van der Waals surface area contributed by atoms with Crippen molar-refractivity contribution in [1.82, 2.24) is 5.32 Å². The largest absolute Gasteiger partial charge is 1.00 e. The van der Waals surface area contributed by atoms with Gasteiger partial charge in [0.2, 0.25) is 0 Å². The van der Waals surface area contributed by atoms with Crippen molar-refractivity contribution in [3.05, 3.63) is 113 Å². The molecule has 1 aliphatic heterocycles. The van der Waals surface area contributed by atoms with E-state index in [-0.39, 0.29) is 35.5 Å². The topological polar surface area (TPSA) is 88.0 Å². The zero-order valence-corrected chi connectivity index (χ0v) is 23.3. The number of aliphatic imine (C=N–C) groups is 1. The van der Waals surface area contributed by atoms with Gasteiger partial charge in [-0.15, -0.1) is 12.1 Å². The number of carbonyl (C=O) groups excluding carboxylic acids is 1. The molecule has 8 heteroatoms. The molecule has 0 atom stereocenters. The van der Waals surface area contributed by atoms with Crippen LogP contribution in [0.3, 0.4) is 0 Å². The molecule has 1 aliphatic rings. The van der Waals surface area contributed by atoms with Crippen LogP contribution >= 0.6 is 11.8 Å². The summed E-state index contributed by atoms with van der Waals surface area (Å²) in [5, 5.41) is 12.9. The SMILES string of the molecule is CC(=O)O.O=C1NC(=Nc2cc[c-]cc2)SC1=Cc1ccc2ccccc2c1OCc1ccccc1.[Na+]. The molecule has 4 aromatic carbocycles. The number of thioether (sulfide) groups is 1. The third-order valence-electron chi connectivity index (χ3n) is 5.00. The fraction of sp³-hybridized carbons (Fsp3) is 0.0690. The van der Waals surface area contributed by atoms with E-state index in [1.807, 2.05) is 78.9 Å². The van der Waals surface area contributed by atoms with Crippen LogP contribution < -0.4 is 39.6 Å². The molecule has 5 rings (SSSR count). The smallest absolute Gasteiger partial charge is 0.488 e. The van der Waals surface area contributed by atoms with Gasteiger partial charge in [-0.05, 0) is 34.5 Å². The van der Waals surface area contributed by atoms with Crippen LogP contribution in [-0.2, 0) is 16.2 Å². The fourth-order valence-electron chi connectivity index (χ4n) is 3.46.